The van der Waals surface area contributed by atoms with Gasteiger partial charge < -0.3 is 4.98 Å². The zero-order valence-corrected chi connectivity index (χ0v) is 13.4. The van der Waals surface area contributed by atoms with Gasteiger partial charge in [0.05, 0.1) is 11.4 Å². The van der Waals surface area contributed by atoms with Crippen LogP contribution in [0, 0.1) is 6.92 Å². The van der Waals surface area contributed by atoms with Crippen molar-refractivity contribution in [1.29, 1.82) is 0 Å². The minimum absolute atomic E-state index is 0.0294. The first-order valence-electron chi connectivity index (χ1n) is 7.18. The number of H-pyrrole nitrogens is 2. The van der Waals surface area contributed by atoms with Crippen molar-refractivity contribution in [2.45, 2.75) is 12.1 Å². The Morgan fingerprint density at radius 2 is 2.09 bits per heavy atom. The van der Waals surface area contributed by atoms with Gasteiger partial charge in [-0.3, -0.25) is 9.89 Å². The summed E-state index contributed by atoms with van der Waals surface area (Å²) in [5.74, 6) is 1.00. The van der Waals surface area contributed by atoms with Gasteiger partial charge in [0, 0.05) is 6.20 Å². The lowest BCUT2D eigenvalue weighted by Gasteiger charge is -1.97. The average Bonchev–Trinajstić information content (AvgIpc) is 3.24. The Morgan fingerprint density at radius 1 is 1.22 bits per heavy atom. The van der Waals surface area contributed by atoms with E-state index in [4.69, 9.17) is 0 Å². The van der Waals surface area contributed by atoms with Gasteiger partial charge in [0.1, 0.15) is 5.82 Å². The van der Waals surface area contributed by atoms with Crippen LogP contribution in [-0.4, -0.2) is 31.7 Å². The molecule has 1 aromatic carbocycles. The number of aromatic nitrogens is 4. The lowest BCUT2D eigenvalue weighted by molar-refractivity contribution is 0.101. The first-order valence-corrected chi connectivity index (χ1v) is 8.16. The second kappa shape index (κ2) is 7.11. The van der Waals surface area contributed by atoms with Crippen LogP contribution in [0.25, 0.3) is 12.2 Å². The topological polar surface area (TPSA) is 74.4 Å². The zero-order chi connectivity index (χ0) is 16.1. The number of hydrogen-bond acceptors (Lipinski definition) is 4. The monoisotopic (exact) mass is 324 g/mol. The van der Waals surface area contributed by atoms with E-state index < -0.39 is 0 Å². The van der Waals surface area contributed by atoms with E-state index in [0.29, 0.717) is 22.4 Å². The molecule has 0 atom stereocenters. The molecule has 0 spiro atoms. The smallest absolute Gasteiger partial charge is 0.209 e. The van der Waals surface area contributed by atoms with Crippen LogP contribution in [0.1, 0.15) is 27.4 Å². The van der Waals surface area contributed by atoms with E-state index in [0.717, 1.165) is 5.56 Å². The summed E-state index contributed by atoms with van der Waals surface area (Å²) < 4.78 is 0. The number of hydrogen-bond donors (Lipinski definition) is 2. The molecule has 0 bridgehead atoms. The predicted octanol–water partition coefficient (Wildman–Crippen LogP) is 3.59. The molecule has 23 heavy (non-hydrogen) atoms. The molecule has 0 aliphatic rings. The predicted molar refractivity (Wildman–Crippen MR) is 92.3 cm³/mol. The Balaban J connectivity index is 1.60. The van der Waals surface area contributed by atoms with Gasteiger partial charge in [0.15, 0.2) is 5.78 Å². The van der Waals surface area contributed by atoms with Crippen molar-refractivity contribution in [3.8, 4) is 0 Å². The van der Waals surface area contributed by atoms with E-state index in [1.54, 1.807) is 18.3 Å². The van der Waals surface area contributed by atoms with E-state index in [2.05, 4.69) is 33.2 Å². The number of nitrogens with one attached hydrogen (secondary N) is 2. The highest BCUT2D eigenvalue weighted by atomic mass is 32.2. The highest BCUT2D eigenvalue weighted by molar-refractivity contribution is 7.99. The van der Waals surface area contributed by atoms with Gasteiger partial charge >= 0.3 is 0 Å². The molecule has 0 unspecified atom stereocenters. The van der Waals surface area contributed by atoms with Crippen LogP contribution < -0.4 is 0 Å². The maximum Gasteiger partial charge on any atom is 0.209 e. The van der Waals surface area contributed by atoms with Crippen LogP contribution in [0.3, 0.4) is 0 Å². The number of rotatable bonds is 6. The van der Waals surface area contributed by atoms with Gasteiger partial charge in [0.25, 0.3) is 0 Å². The van der Waals surface area contributed by atoms with E-state index in [-0.39, 0.29) is 5.78 Å². The molecule has 0 radical (unpaired) electrons. The van der Waals surface area contributed by atoms with Gasteiger partial charge in [0.2, 0.25) is 5.16 Å². The van der Waals surface area contributed by atoms with Crippen LogP contribution in [0.15, 0.2) is 47.8 Å². The van der Waals surface area contributed by atoms with Gasteiger partial charge in [-0.2, -0.15) is 0 Å². The molecule has 0 fully saturated rings. The Kier molecular flexibility index (Phi) is 4.73. The van der Waals surface area contributed by atoms with Gasteiger partial charge in [-0.1, -0.05) is 42.1 Å². The third-order valence-corrected chi connectivity index (χ3v) is 4.17. The largest absolute Gasteiger partial charge is 0.359 e. The summed E-state index contributed by atoms with van der Waals surface area (Å²) >= 11 is 1.32. The zero-order valence-electron chi connectivity index (χ0n) is 12.6. The fraction of sp³-hybridized carbons (Fsp3) is 0.118. The van der Waals surface area contributed by atoms with Crippen LogP contribution in [0.2, 0.25) is 0 Å². The second-order valence-electron chi connectivity index (χ2n) is 4.99. The van der Waals surface area contributed by atoms with Crippen molar-refractivity contribution >= 4 is 29.7 Å². The number of carbonyl (C=O) groups is 1. The number of aryl methyl sites for hydroxylation is 1. The van der Waals surface area contributed by atoms with Crippen molar-refractivity contribution in [1.82, 2.24) is 20.2 Å². The maximum atomic E-state index is 11.9. The van der Waals surface area contributed by atoms with Crippen LogP contribution in [0.5, 0.6) is 0 Å². The number of aromatic amines is 2. The van der Waals surface area contributed by atoms with Crippen molar-refractivity contribution in [3.63, 3.8) is 0 Å². The highest BCUT2D eigenvalue weighted by Crippen LogP contribution is 2.16. The molecule has 5 nitrogen and oxygen atoms in total. The third kappa shape index (κ3) is 3.98. The first kappa shape index (κ1) is 15.3. The molecule has 0 saturated heterocycles. The quantitative estimate of drug-likeness (QED) is 0.537. The van der Waals surface area contributed by atoms with Gasteiger partial charge in [-0.15, -0.1) is 5.10 Å². The molecule has 2 N–H and O–H groups in total. The lowest BCUT2D eigenvalue weighted by atomic mass is 10.1. The molecule has 2 aromatic heterocycles. The fourth-order valence-corrected chi connectivity index (χ4v) is 2.74. The average molecular weight is 324 g/mol. The number of thioether (sulfide) groups is 1. The van der Waals surface area contributed by atoms with E-state index >= 15 is 0 Å². The molecule has 116 valence electrons. The second-order valence-corrected chi connectivity index (χ2v) is 5.93. The van der Waals surface area contributed by atoms with Crippen molar-refractivity contribution in [3.05, 3.63) is 65.2 Å². The fourth-order valence-electron chi connectivity index (χ4n) is 2.05. The molecule has 0 aliphatic carbocycles. The number of carbonyl (C=O) groups excluding carboxylic acids is 1. The van der Waals surface area contributed by atoms with E-state index in [1.165, 1.54) is 17.3 Å². The summed E-state index contributed by atoms with van der Waals surface area (Å²) in [6.07, 6.45) is 5.61. The van der Waals surface area contributed by atoms with Crippen LogP contribution in [-0.2, 0) is 0 Å². The number of ketones is 1. The summed E-state index contributed by atoms with van der Waals surface area (Å²) in [4.78, 5) is 19.2. The Labute approximate surface area is 138 Å². The summed E-state index contributed by atoms with van der Waals surface area (Å²) in [7, 11) is 0. The Hall–Kier alpha value is -2.60. The minimum atomic E-state index is 0.0294. The molecule has 0 aliphatic heterocycles. The number of Topliss-reactive ketones (excluding diaryl/α,β-unsaturated/α-hetero) is 1. The van der Waals surface area contributed by atoms with E-state index in [1.807, 2.05) is 30.4 Å². The van der Waals surface area contributed by atoms with Crippen molar-refractivity contribution in [2.75, 3.05) is 5.75 Å². The highest BCUT2D eigenvalue weighted by Gasteiger charge is 2.09. The standard InChI is InChI=1S/C17H16N4OS/c1-12-5-2-3-6-13(12)8-9-16-19-17(21-20-16)23-11-15(22)14-7-4-10-18-14/h2-10,18H,11H2,1H3,(H,19,20,21). The van der Waals surface area contributed by atoms with Crippen molar-refractivity contribution in [2.24, 2.45) is 0 Å². The Bertz CT molecular complexity index is 821. The molecule has 0 saturated carbocycles. The maximum absolute atomic E-state index is 11.9. The first-order chi connectivity index (χ1) is 11.2. The summed E-state index contributed by atoms with van der Waals surface area (Å²) in [5, 5.41) is 7.55. The summed E-state index contributed by atoms with van der Waals surface area (Å²) in [6.45, 7) is 2.06. The molecule has 3 rings (SSSR count). The summed E-state index contributed by atoms with van der Waals surface area (Å²) in [6, 6.07) is 11.7. The van der Waals surface area contributed by atoms with Crippen LogP contribution >= 0.6 is 11.8 Å². The molecule has 2 heterocycles. The molecule has 3 aromatic rings. The molecule has 6 heteroatoms. The molecular weight excluding hydrogens is 308 g/mol. The minimum Gasteiger partial charge on any atom is -0.359 e. The van der Waals surface area contributed by atoms with E-state index in [9.17, 15) is 4.79 Å². The molecular formula is C17H16N4OS. The Morgan fingerprint density at radius 3 is 2.87 bits per heavy atom. The van der Waals surface area contributed by atoms with Crippen molar-refractivity contribution < 1.29 is 4.79 Å². The summed E-state index contributed by atoms with van der Waals surface area (Å²) in [5.41, 5.74) is 2.95. The lowest BCUT2D eigenvalue weighted by Crippen LogP contribution is -2.02. The normalized spacial score (nSPS) is 11.2. The number of nitrogens with zero attached hydrogens (tertiary/aromatic N) is 2. The van der Waals surface area contributed by atoms with Gasteiger partial charge in [-0.05, 0) is 36.3 Å². The molecule has 0 amide bonds. The van der Waals surface area contributed by atoms with Crippen LogP contribution in [0.4, 0.5) is 0 Å². The SMILES string of the molecule is Cc1ccccc1C=Cc1nc(SCC(=O)c2ccc[nH]2)n[nH]1. The third-order valence-electron chi connectivity index (χ3n) is 3.32. The number of benzene rings is 1. The van der Waals surface area contributed by atoms with Gasteiger partial charge in [-0.25, -0.2) is 4.98 Å².